The number of nitrogens with zero attached hydrogens (tertiary/aromatic N) is 2. The van der Waals surface area contributed by atoms with E-state index in [1.54, 1.807) is 0 Å². The molecule has 0 aliphatic carbocycles. The quantitative estimate of drug-likeness (QED) is 0.694. The second kappa shape index (κ2) is 9.18. The topological polar surface area (TPSA) is 49.9 Å². The number of carbonyl (C=O) groups is 2. The van der Waals surface area contributed by atoms with Crippen LogP contribution in [0.1, 0.15) is 38.2 Å². The second-order valence-electron chi connectivity index (χ2n) is 7.70. The molecular weight excluding hydrogens is 340 g/mol. The molecule has 2 fully saturated rings. The summed E-state index contributed by atoms with van der Waals surface area (Å²) in [7, 11) is 0. The van der Waals surface area contributed by atoms with Gasteiger partial charge in [0.05, 0.1) is 0 Å². The molecule has 146 valence electrons. The maximum atomic E-state index is 12.5. The van der Waals surface area contributed by atoms with Gasteiger partial charge in [0.15, 0.2) is 0 Å². The highest BCUT2D eigenvalue weighted by atomic mass is 16.5. The zero-order chi connectivity index (χ0) is 19.1. The number of rotatable bonds is 7. The number of amides is 2. The van der Waals surface area contributed by atoms with Crippen molar-refractivity contribution in [2.75, 3.05) is 39.4 Å². The van der Waals surface area contributed by atoms with Crippen molar-refractivity contribution in [2.45, 2.75) is 32.6 Å². The zero-order valence-electron chi connectivity index (χ0n) is 16.2. The van der Waals surface area contributed by atoms with Gasteiger partial charge in [0.1, 0.15) is 6.61 Å². The van der Waals surface area contributed by atoms with Crippen molar-refractivity contribution in [3.63, 3.8) is 0 Å². The van der Waals surface area contributed by atoms with Crippen molar-refractivity contribution in [1.82, 2.24) is 9.80 Å². The summed E-state index contributed by atoms with van der Waals surface area (Å²) in [5, 5.41) is 0. The number of ether oxygens (including phenoxy) is 1. The molecule has 2 aliphatic rings. The Kier molecular flexibility index (Phi) is 6.67. The van der Waals surface area contributed by atoms with Crippen LogP contribution in [0, 0.1) is 5.41 Å². The average molecular weight is 370 g/mol. The minimum absolute atomic E-state index is 0.0404. The average Bonchev–Trinajstić information content (AvgIpc) is 2.98. The molecule has 1 aromatic rings. The fourth-order valence-electron chi connectivity index (χ4n) is 3.99. The van der Waals surface area contributed by atoms with Crippen LogP contribution in [0.4, 0.5) is 0 Å². The van der Waals surface area contributed by atoms with Crippen molar-refractivity contribution in [3.05, 3.63) is 42.0 Å². The Morgan fingerprint density at radius 3 is 2.67 bits per heavy atom. The van der Waals surface area contributed by atoms with Crippen LogP contribution in [0.2, 0.25) is 0 Å². The predicted octanol–water partition coefficient (Wildman–Crippen LogP) is 2.97. The number of benzene rings is 1. The van der Waals surface area contributed by atoms with Gasteiger partial charge in [0.2, 0.25) is 11.8 Å². The molecule has 1 spiro atoms. The summed E-state index contributed by atoms with van der Waals surface area (Å²) in [6.07, 6.45) is 7.47. The molecule has 3 rings (SSSR count). The highest BCUT2D eigenvalue weighted by Gasteiger charge is 2.44. The van der Waals surface area contributed by atoms with E-state index < -0.39 is 0 Å². The van der Waals surface area contributed by atoms with Gasteiger partial charge >= 0.3 is 0 Å². The van der Waals surface area contributed by atoms with Crippen LogP contribution in [-0.2, 0) is 14.3 Å². The number of likely N-dealkylation sites (tertiary alicyclic amines) is 2. The van der Waals surface area contributed by atoms with Gasteiger partial charge in [-0.3, -0.25) is 9.59 Å². The van der Waals surface area contributed by atoms with Crippen molar-refractivity contribution in [3.8, 4) is 0 Å². The molecular formula is C22H30N2O3. The molecule has 2 saturated heterocycles. The smallest absolute Gasteiger partial charge is 0.248 e. The lowest BCUT2D eigenvalue weighted by Crippen LogP contribution is -2.45. The van der Waals surface area contributed by atoms with Gasteiger partial charge in [-0.05, 0) is 24.8 Å². The Hall–Kier alpha value is -2.14. The van der Waals surface area contributed by atoms with E-state index in [0.717, 1.165) is 44.5 Å². The number of hydrogen-bond acceptors (Lipinski definition) is 3. The van der Waals surface area contributed by atoms with Crippen LogP contribution < -0.4 is 0 Å². The molecule has 0 unspecified atom stereocenters. The fourth-order valence-corrected chi connectivity index (χ4v) is 3.99. The first-order chi connectivity index (χ1) is 13.1. The first-order valence-electron chi connectivity index (χ1n) is 9.97. The van der Waals surface area contributed by atoms with E-state index in [9.17, 15) is 9.59 Å². The maximum Gasteiger partial charge on any atom is 0.248 e. The molecule has 2 heterocycles. The van der Waals surface area contributed by atoms with Crippen LogP contribution in [-0.4, -0.2) is 61.0 Å². The lowest BCUT2D eigenvalue weighted by molar-refractivity contribution is -0.138. The minimum atomic E-state index is 0.0404. The Bertz CT molecular complexity index is 663. The lowest BCUT2D eigenvalue weighted by atomic mass is 9.77. The third-order valence-electron chi connectivity index (χ3n) is 5.59. The van der Waals surface area contributed by atoms with Gasteiger partial charge in [0.25, 0.3) is 0 Å². The minimum Gasteiger partial charge on any atom is -0.372 e. The van der Waals surface area contributed by atoms with Crippen molar-refractivity contribution < 1.29 is 14.3 Å². The van der Waals surface area contributed by atoms with E-state index in [4.69, 9.17) is 4.74 Å². The summed E-state index contributed by atoms with van der Waals surface area (Å²) in [5.41, 5.74) is 1.19. The molecule has 0 N–H and O–H groups in total. The summed E-state index contributed by atoms with van der Waals surface area (Å²) in [5.74, 6) is 0.309. The van der Waals surface area contributed by atoms with Crippen LogP contribution in [0.25, 0.3) is 6.08 Å². The summed E-state index contributed by atoms with van der Waals surface area (Å²) in [4.78, 5) is 28.5. The van der Waals surface area contributed by atoms with E-state index in [1.165, 1.54) is 0 Å². The van der Waals surface area contributed by atoms with Gasteiger partial charge < -0.3 is 14.5 Å². The third kappa shape index (κ3) is 5.19. The maximum absolute atomic E-state index is 12.5. The van der Waals surface area contributed by atoms with E-state index in [-0.39, 0.29) is 23.8 Å². The Balaban J connectivity index is 1.47. The van der Waals surface area contributed by atoms with E-state index in [0.29, 0.717) is 19.6 Å². The molecule has 5 nitrogen and oxygen atoms in total. The predicted molar refractivity (Wildman–Crippen MR) is 106 cm³/mol. The van der Waals surface area contributed by atoms with E-state index in [2.05, 4.69) is 24.3 Å². The highest BCUT2D eigenvalue weighted by Crippen LogP contribution is 2.41. The molecule has 1 aromatic carbocycles. The third-order valence-corrected chi connectivity index (χ3v) is 5.59. The number of hydrogen-bond donors (Lipinski definition) is 0. The number of carbonyl (C=O) groups excluding carboxylic acids is 2. The normalized spacial score (nSPS) is 19.4. The molecule has 2 amide bonds. The van der Waals surface area contributed by atoms with Gasteiger partial charge in [-0.1, -0.05) is 49.4 Å². The summed E-state index contributed by atoms with van der Waals surface area (Å²) in [6.45, 7) is 5.76. The molecule has 0 radical (unpaired) electrons. The summed E-state index contributed by atoms with van der Waals surface area (Å²) < 4.78 is 5.37. The van der Waals surface area contributed by atoms with E-state index in [1.807, 2.05) is 34.9 Å². The standard InChI is InChI=1S/C22H30N2O3/c1-2-15-27-17-21(26)23-13-10-22(11-14-23)16-20(25)24(18-22)12-6-9-19-7-4-3-5-8-19/h3-9H,2,10-18H2,1H3/b9-6+. The zero-order valence-corrected chi connectivity index (χ0v) is 16.2. The Morgan fingerprint density at radius 1 is 1.22 bits per heavy atom. The fraction of sp³-hybridized carbons (Fsp3) is 0.545. The van der Waals surface area contributed by atoms with Crippen LogP contribution in [0.5, 0.6) is 0 Å². The molecule has 2 aliphatic heterocycles. The molecule has 0 bridgehead atoms. The first-order valence-corrected chi connectivity index (χ1v) is 9.97. The Morgan fingerprint density at radius 2 is 1.96 bits per heavy atom. The monoisotopic (exact) mass is 370 g/mol. The number of piperidine rings is 1. The molecule has 27 heavy (non-hydrogen) atoms. The van der Waals surface area contributed by atoms with Gasteiger partial charge in [-0.25, -0.2) is 0 Å². The highest BCUT2D eigenvalue weighted by molar-refractivity contribution is 5.80. The van der Waals surface area contributed by atoms with Crippen molar-refractivity contribution in [2.24, 2.45) is 5.41 Å². The van der Waals surface area contributed by atoms with Crippen LogP contribution >= 0.6 is 0 Å². The van der Waals surface area contributed by atoms with Gasteiger partial charge in [0, 0.05) is 44.6 Å². The largest absolute Gasteiger partial charge is 0.372 e. The van der Waals surface area contributed by atoms with Crippen molar-refractivity contribution >= 4 is 17.9 Å². The van der Waals surface area contributed by atoms with Gasteiger partial charge in [-0.15, -0.1) is 0 Å². The van der Waals surface area contributed by atoms with Gasteiger partial charge in [-0.2, -0.15) is 0 Å². The van der Waals surface area contributed by atoms with E-state index >= 15 is 0 Å². The Labute approximate surface area is 162 Å². The van der Waals surface area contributed by atoms with Crippen molar-refractivity contribution in [1.29, 1.82) is 0 Å². The molecule has 5 heteroatoms. The van der Waals surface area contributed by atoms with Crippen LogP contribution in [0.15, 0.2) is 36.4 Å². The second-order valence-corrected chi connectivity index (χ2v) is 7.70. The van der Waals surface area contributed by atoms with Crippen LogP contribution in [0.3, 0.4) is 0 Å². The molecule has 0 aromatic heterocycles. The lowest BCUT2D eigenvalue weighted by Gasteiger charge is -2.38. The molecule has 0 atom stereocenters. The molecule has 0 saturated carbocycles. The SMILES string of the molecule is CCCOCC(=O)N1CCC2(CC1)CC(=O)N(C/C=C/c1ccccc1)C2. The summed E-state index contributed by atoms with van der Waals surface area (Å²) >= 11 is 0. The first kappa shape index (κ1) is 19.6. The summed E-state index contributed by atoms with van der Waals surface area (Å²) in [6, 6.07) is 10.1.